The van der Waals surface area contributed by atoms with Crippen LogP contribution in [0.5, 0.6) is 0 Å². The molecule has 0 aliphatic heterocycles. The number of hydrogen-bond donors (Lipinski definition) is 2. The first-order chi connectivity index (χ1) is 7.00. The van der Waals surface area contributed by atoms with E-state index in [1.165, 1.54) is 18.2 Å². The molecule has 15 heavy (non-hydrogen) atoms. The molecule has 1 aromatic rings. The van der Waals surface area contributed by atoms with E-state index in [-0.39, 0.29) is 12.1 Å². The van der Waals surface area contributed by atoms with E-state index in [1.807, 2.05) is 0 Å². The Morgan fingerprint density at radius 3 is 2.73 bits per heavy atom. The Labute approximate surface area is 93.8 Å². The van der Waals surface area contributed by atoms with E-state index >= 15 is 0 Å². The van der Waals surface area contributed by atoms with Gasteiger partial charge >= 0.3 is 11.8 Å². The molecule has 80 valence electrons. The van der Waals surface area contributed by atoms with Gasteiger partial charge in [-0.25, -0.2) is 4.39 Å². The molecule has 0 aliphatic rings. The number of nitrogens with one attached hydrogen (secondary N) is 1. The number of halogens is 2. The molecular weight excluding hydrogens is 267 g/mol. The Morgan fingerprint density at radius 2 is 2.13 bits per heavy atom. The maximum atomic E-state index is 13.1. The van der Waals surface area contributed by atoms with Crippen molar-refractivity contribution in [1.82, 2.24) is 5.32 Å². The Morgan fingerprint density at radius 1 is 1.47 bits per heavy atom. The van der Waals surface area contributed by atoms with Crippen LogP contribution in [0.1, 0.15) is 5.56 Å². The van der Waals surface area contributed by atoms with Gasteiger partial charge in [0, 0.05) is 16.6 Å². The number of carbonyl (C=O) groups is 2. The molecule has 1 rings (SSSR count). The summed E-state index contributed by atoms with van der Waals surface area (Å²) in [5, 5.41) is 2.19. The van der Waals surface area contributed by atoms with Crippen LogP contribution in [-0.4, -0.2) is 11.8 Å². The van der Waals surface area contributed by atoms with Crippen LogP contribution in [-0.2, 0) is 16.1 Å². The van der Waals surface area contributed by atoms with Gasteiger partial charge in [-0.05, 0) is 18.2 Å². The average Bonchev–Trinajstić information content (AvgIpc) is 2.18. The van der Waals surface area contributed by atoms with E-state index in [9.17, 15) is 14.0 Å². The highest BCUT2D eigenvalue weighted by Crippen LogP contribution is 2.15. The quantitative estimate of drug-likeness (QED) is 0.779. The Balaban J connectivity index is 2.69. The van der Waals surface area contributed by atoms with Crippen LogP contribution < -0.4 is 11.1 Å². The minimum absolute atomic E-state index is 0.0763. The van der Waals surface area contributed by atoms with E-state index in [0.717, 1.165) is 0 Å². The van der Waals surface area contributed by atoms with Gasteiger partial charge in [-0.1, -0.05) is 15.9 Å². The van der Waals surface area contributed by atoms with Crippen molar-refractivity contribution in [3.8, 4) is 0 Å². The molecule has 4 nitrogen and oxygen atoms in total. The second-order valence-electron chi connectivity index (χ2n) is 2.78. The van der Waals surface area contributed by atoms with Crippen molar-refractivity contribution >= 4 is 27.7 Å². The fourth-order valence-electron chi connectivity index (χ4n) is 0.941. The second-order valence-corrected chi connectivity index (χ2v) is 3.70. The Kier molecular flexibility index (Phi) is 3.79. The highest BCUT2D eigenvalue weighted by molar-refractivity contribution is 9.10. The van der Waals surface area contributed by atoms with Crippen LogP contribution in [0.2, 0.25) is 0 Å². The largest absolute Gasteiger partial charge is 0.361 e. The van der Waals surface area contributed by atoms with Crippen LogP contribution >= 0.6 is 15.9 Å². The molecule has 0 aromatic heterocycles. The molecule has 3 N–H and O–H groups in total. The van der Waals surface area contributed by atoms with Crippen molar-refractivity contribution < 1.29 is 14.0 Å². The summed E-state index contributed by atoms with van der Waals surface area (Å²) < 4.78 is 13.8. The third-order valence-electron chi connectivity index (χ3n) is 1.67. The predicted molar refractivity (Wildman–Crippen MR) is 55.1 cm³/mol. The summed E-state index contributed by atoms with van der Waals surface area (Å²) in [4.78, 5) is 21.2. The van der Waals surface area contributed by atoms with E-state index < -0.39 is 17.6 Å². The topological polar surface area (TPSA) is 72.2 Å². The molecule has 0 saturated heterocycles. The van der Waals surface area contributed by atoms with Crippen LogP contribution in [0.4, 0.5) is 4.39 Å². The standard InChI is InChI=1S/C9H8BrFN2O2/c10-6-1-2-7(11)5(3-6)4-13-9(15)8(12)14/h1-3H,4H2,(H2,12,14)(H,13,15). The lowest BCUT2D eigenvalue weighted by molar-refractivity contribution is -0.137. The van der Waals surface area contributed by atoms with Gasteiger partial charge in [0.05, 0.1) is 0 Å². The second kappa shape index (κ2) is 4.88. The molecular formula is C9H8BrFN2O2. The van der Waals surface area contributed by atoms with Gasteiger partial charge in [-0.15, -0.1) is 0 Å². The number of nitrogens with two attached hydrogens (primary N) is 1. The van der Waals surface area contributed by atoms with Crippen molar-refractivity contribution in [2.45, 2.75) is 6.54 Å². The Hall–Kier alpha value is -1.43. The first-order valence-corrected chi connectivity index (χ1v) is 4.81. The highest BCUT2D eigenvalue weighted by Gasteiger charge is 2.09. The van der Waals surface area contributed by atoms with Crippen molar-refractivity contribution in [2.75, 3.05) is 0 Å². The van der Waals surface area contributed by atoms with Crippen molar-refractivity contribution in [1.29, 1.82) is 0 Å². The summed E-state index contributed by atoms with van der Waals surface area (Å²) in [5.74, 6) is -2.48. The van der Waals surface area contributed by atoms with Crippen LogP contribution in [0.15, 0.2) is 22.7 Å². The number of rotatable bonds is 2. The SMILES string of the molecule is NC(=O)C(=O)NCc1cc(Br)ccc1F. The van der Waals surface area contributed by atoms with Crippen LogP contribution in [0.3, 0.4) is 0 Å². The summed E-state index contributed by atoms with van der Waals surface area (Å²) in [5.41, 5.74) is 4.99. The van der Waals surface area contributed by atoms with Crippen molar-refractivity contribution in [3.05, 3.63) is 34.1 Å². The first kappa shape index (κ1) is 11.6. The van der Waals surface area contributed by atoms with Crippen molar-refractivity contribution in [2.24, 2.45) is 5.73 Å². The van der Waals surface area contributed by atoms with Gasteiger partial charge in [-0.3, -0.25) is 9.59 Å². The fourth-order valence-corrected chi connectivity index (χ4v) is 1.35. The van der Waals surface area contributed by atoms with Crippen LogP contribution in [0.25, 0.3) is 0 Å². The monoisotopic (exact) mass is 274 g/mol. The van der Waals surface area contributed by atoms with E-state index in [2.05, 4.69) is 21.2 Å². The molecule has 0 unspecified atom stereocenters. The maximum absolute atomic E-state index is 13.1. The van der Waals surface area contributed by atoms with Gasteiger partial charge < -0.3 is 11.1 Å². The molecule has 0 aliphatic carbocycles. The minimum Gasteiger partial charge on any atom is -0.361 e. The highest BCUT2D eigenvalue weighted by atomic mass is 79.9. The summed E-state index contributed by atoms with van der Waals surface area (Å²) in [6, 6.07) is 4.31. The smallest absolute Gasteiger partial charge is 0.309 e. The van der Waals surface area contributed by atoms with E-state index in [4.69, 9.17) is 5.73 Å². The predicted octanol–water partition coefficient (Wildman–Crippen LogP) is 0.690. The lowest BCUT2D eigenvalue weighted by Gasteiger charge is -2.04. The zero-order chi connectivity index (χ0) is 11.4. The molecule has 0 bridgehead atoms. The third kappa shape index (κ3) is 3.32. The molecule has 0 atom stereocenters. The zero-order valence-electron chi connectivity index (χ0n) is 7.59. The summed E-state index contributed by atoms with van der Waals surface area (Å²) in [7, 11) is 0. The molecule has 1 aromatic carbocycles. The minimum atomic E-state index is -1.09. The Bertz CT molecular complexity index is 409. The van der Waals surface area contributed by atoms with E-state index in [1.54, 1.807) is 0 Å². The molecule has 6 heteroatoms. The van der Waals surface area contributed by atoms with Gasteiger partial charge in [0.15, 0.2) is 0 Å². The number of benzene rings is 1. The maximum Gasteiger partial charge on any atom is 0.309 e. The van der Waals surface area contributed by atoms with E-state index in [0.29, 0.717) is 4.47 Å². The first-order valence-electron chi connectivity index (χ1n) is 4.02. The van der Waals surface area contributed by atoms with Gasteiger partial charge in [0.25, 0.3) is 0 Å². The molecule has 0 fully saturated rings. The molecule has 2 amide bonds. The zero-order valence-corrected chi connectivity index (χ0v) is 9.17. The number of amides is 2. The fraction of sp³-hybridized carbons (Fsp3) is 0.111. The third-order valence-corrected chi connectivity index (χ3v) is 2.16. The molecule has 0 heterocycles. The lowest BCUT2D eigenvalue weighted by atomic mass is 10.2. The number of hydrogen-bond acceptors (Lipinski definition) is 2. The molecule has 0 spiro atoms. The van der Waals surface area contributed by atoms with Crippen molar-refractivity contribution in [3.63, 3.8) is 0 Å². The summed E-state index contributed by atoms with van der Waals surface area (Å²) in [6.45, 7) is -0.0763. The summed E-state index contributed by atoms with van der Waals surface area (Å²) in [6.07, 6.45) is 0. The average molecular weight is 275 g/mol. The molecule has 0 saturated carbocycles. The van der Waals surface area contributed by atoms with Crippen LogP contribution in [0, 0.1) is 5.82 Å². The molecule has 0 radical (unpaired) electrons. The number of primary amides is 1. The van der Waals surface area contributed by atoms with Gasteiger partial charge in [0.1, 0.15) is 5.82 Å². The normalized spacial score (nSPS) is 9.73. The summed E-state index contributed by atoms with van der Waals surface area (Å²) >= 11 is 3.16. The van der Waals surface area contributed by atoms with Gasteiger partial charge in [0.2, 0.25) is 0 Å². The number of carbonyl (C=O) groups excluding carboxylic acids is 2. The lowest BCUT2D eigenvalue weighted by Crippen LogP contribution is -2.35. The van der Waals surface area contributed by atoms with Gasteiger partial charge in [-0.2, -0.15) is 0 Å².